The van der Waals surface area contributed by atoms with Crippen LogP contribution in [0.3, 0.4) is 0 Å². The van der Waals surface area contributed by atoms with Crippen LogP contribution in [0.25, 0.3) is 0 Å². The predicted octanol–water partition coefficient (Wildman–Crippen LogP) is 2.11. The van der Waals surface area contributed by atoms with E-state index in [1.165, 1.54) is 0 Å². The lowest BCUT2D eigenvalue weighted by Gasteiger charge is -2.19. The molecule has 0 fully saturated rings. The minimum Gasteiger partial charge on any atom is -0.480 e. The Morgan fingerprint density at radius 1 is 1.30 bits per heavy atom. The first kappa shape index (κ1) is 16.5. The summed E-state index contributed by atoms with van der Waals surface area (Å²) >= 11 is 0. The van der Waals surface area contributed by atoms with Crippen molar-refractivity contribution < 1.29 is 27.1 Å². The van der Waals surface area contributed by atoms with Crippen molar-refractivity contribution >= 4 is 16.0 Å². The fourth-order valence-corrected chi connectivity index (χ4v) is 3.10. The largest absolute Gasteiger partial charge is 0.480 e. The van der Waals surface area contributed by atoms with Crippen molar-refractivity contribution in [1.82, 2.24) is 4.31 Å². The highest BCUT2D eigenvalue weighted by Crippen LogP contribution is 2.22. The van der Waals surface area contributed by atoms with Crippen molar-refractivity contribution in [2.45, 2.75) is 24.7 Å². The molecule has 20 heavy (non-hydrogen) atoms. The van der Waals surface area contributed by atoms with Crippen LogP contribution in [0.1, 0.15) is 25.3 Å². The normalized spacial score (nSPS) is 12.1. The highest BCUT2D eigenvalue weighted by molar-refractivity contribution is 7.89. The molecule has 1 rings (SSSR count). The number of hydrogen-bond donors (Lipinski definition) is 1. The summed E-state index contributed by atoms with van der Waals surface area (Å²) < 4.78 is 50.1. The summed E-state index contributed by atoms with van der Waals surface area (Å²) in [5, 5.41) is 8.73. The number of halogens is 2. The molecule has 1 aromatic carbocycles. The van der Waals surface area contributed by atoms with Gasteiger partial charge in [0.1, 0.15) is 6.54 Å². The Morgan fingerprint density at radius 2 is 1.85 bits per heavy atom. The summed E-state index contributed by atoms with van der Waals surface area (Å²) in [6.07, 6.45) is -2.24. The minimum absolute atomic E-state index is 0.0469. The Kier molecular flexibility index (Phi) is 5.58. The second-order valence-corrected chi connectivity index (χ2v) is 6.04. The third-order valence-electron chi connectivity index (χ3n) is 2.55. The molecule has 0 heterocycles. The number of carbonyl (C=O) groups is 1. The van der Waals surface area contributed by atoms with Crippen LogP contribution in [0.4, 0.5) is 8.78 Å². The van der Waals surface area contributed by atoms with Crippen LogP contribution in [0.2, 0.25) is 0 Å². The smallest absolute Gasteiger partial charge is 0.318 e. The summed E-state index contributed by atoms with van der Waals surface area (Å²) in [7, 11) is -3.99. The molecule has 0 aromatic heterocycles. The monoisotopic (exact) mass is 307 g/mol. The van der Waals surface area contributed by atoms with Crippen LogP contribution in [0.5, 0.6) is 0 Å². The van der Waals surface area contributed by atoms with Crippen LogP contribution in [0.15, 0.2) is 29.2 Å². The molecule has 8 heteroatoms. The zero-order chi connectivity index (χ0) is 15.3. The second-order valence-electron chi connectivity index (χ2n) is 4.10. The molecule has 1 aromatic rings. The molecule has 112 valence electrons. The van der Waals surface area contributed by atoms with Crippen molar-refractivity contribution in [2.24, 2.45) is 0 Å². The van der Waals surface area contributed by atoms with Gasteiger partial charge in [-0.2, -0.15) is 4.31 Å². The quantitative estimate of drug-likeness (QED) is 0.837. The molecule has 5 nitrogen and oxygen atoms in total. The van der Waals surface area contributed by atoms with Gasteiger partial charge in [-0.05, 0) is 18.6 Å². The van der Waals surface area contributed by atoms with Gasteiger partial charge >= 0.3 is 5.97 Å². The van der Waals surface area contributed by atoms with E-state index >= 15 is 0 Å². The van der Waals surface area contributed by atoms with Gasteiger partial charge in [0.2, 0.25) is 10.0 Å². The average molecular weight is 307 g/mol. The summed E-state index contributed by atoms with van der Waals surface area (Å²) in [6.45, 7) is 1.10. The van der Waals surface area contributed by atoms with E-state index in [9.17, 15) is 22.0 Å². The van der Waals surface area contributed by atoms with Gasteiger partial charge in [-0.1, -0.05) is 19.1 Å². The lowest BCUT2D eigenvalue weighted by Crippen LogP contribution is -2.36. The average Bonchev–Trinajstić information content (AvgIpc) is 2.37. The van der Waals surface area contributed by atoms with Gasteiger partial charge in [-0.25, -0.2) is 17.2 Å². The number of carboxylic acid groups (broad SMARTS) is 1. The number of sulfonamides is 1. The molecular formula is C12H15F2NO4S. The van der Waals surface area contributed by atoms with E-state index in [1.54, 1.807) is 6.92 Å². The second kappa shape index (κ2) is 6.76. The van der Waals surface area contributed by atoms with E-state index in [-0.39, 0.29) is 17.0 Å². The van der Waals surface area contributed by atoms with Gasteiger partial charge in [0.05, 0.1) is 4.90 Å². The van der Waals surface area contributed by atoms with Crippen LogP contribution in [-0.4, -0.2) is 36.9 Å². The first-order valence-corrected chi connectivity index (χ1v) is 7.33. The molecule has 0 aliphatic carbocycles. The molecule has 0 spiro atoms. The molecule has 0 bridgehead atoms. The highest BCUT2D eigenvalue weighted by atomic mass is 32.2. The highest BCUT2D eigenvalue weighted by Gasteiger charge is 2.26. The maximum atomic E-state index is 12.4. The molecule has 0 atom stereocenters. The van der Waals surface area contributed by atoms with E-state index in [0.717, 1.165) is 28.6 Å². The maximum Gasteiger partial charge on any atom is 0.318 e. The molecule has 1 N–H and O–H groups in total. The number of carboxylic acids is 1. The fourth-order valence-electron chi connectivity index (χ4n) is 1.62. The standard InChI is InChI=1S/C12H15F2NO4S/c1-2-7-15(8-11(16)17)20(18,19)10-5-3-9(4-6-10)12(13)14/h3-6,12H,2,7-8H2,1H3,(H,16,17). The van der Waals surface area contributed by atoms with Crippen molar-refractivity contribution in [3.8, 4) is 0 Å². The molecule has 0 aliphatic heterocycles. The van der Waals surface area contributed by atoms with Gasteiger partial charge in [-0.15, -0.1) is 0 Å². The van der Waals surface area contributed by atoms with Gasteiger partial charge < -0.3 is 5.11 Å². The van der Waals surface area contributed by atoms with E-state index < -0.39 is 29.0 Å². The summed E-state index contributed by atoms with van der Waals surface area (Å²) in [6, 6.07) is 4.15. The zero-order valence-corrected chi connectivity index (χ0v) is 11.6. The summed E-state index contributed by atoms with van der Waals surface area (Å²) in [4.78, 5) is 10.5. The van der Waals surface area contributed by atoms with E-state index in [0.29, 0.717) is 6.42 Å². The molecule has 0 aliphatic rings. The van der Waals surface area contributed by atoms with Crippen molar-refractivity contribution in [2.75, 3.05) is 13.1 Å². The minimum atomic E-state index is -3.99. The number of rotatable bonds is 7. The Morgan fingerprint density at radius 3 is 2.25 bits per heavy atom. The number of aliphatic carboxylic acids is 1. The summed E-state index contributed by atoms with van der Waals surface area (Å²) in [5.41, 5.74) is -0.288. The first-order chi connectivity index (χ1) is 9.28. The number of benzene rings is 1. The van der Waals surface area contributed by atoms with Crippen molar-refractivity contribution in [3.63, 3.8) is 0 Å². The Hall–Kier alpha value is -1.54. The Labute approximate surface area is 115 Å². The SMILES string of the molecule is CCCN(CC(=O)O)S(=O)(=O)c1ccc(C(F)F)cc1. The van der Waals surface area contributed by atoms with Crippen molar-refractivity contribution in [3.05, 3.63) is 29.8 Å². The fraction of sp³-hybridized carbons (Fsp3) is 0.417. The zero-order valence-electron chi connectivity index (χ0n) is 10.8. The molecule has 0 saturated carbocycles. The predicted molar refractivity (Wildman–Crippen MR) is 68.1 cm³/mol. The molecule has 0 amide bonds. The number of nitrogens with zero attached hydrogens (tertiary/aromatic N) is 1. The third-order valence-corrected chi connectivity index (χ3v) is 4.41. The molecular weight excluding hydrogens is 292 g/mol. The lowest BCUT2D eigenvalue weighted by atomic mass is 10.2. The van der Waals surface area contributed by atoms with Gasteiger partial charge in [-0.3, -0.25) is 4.79 Å². The van der Waals surface area contributed by atoms with Crippen LogP contribution >= 0.6 is 0 Å². The van der Waals surface area contributed by atoms with Crippen LogP contribution in [-0.2, 0) is 14.8 Å². The number of hydrogen-bond acceptors (Lipinski definition) is 3. The van der Waals surface area contributed by atoms with Crippen LogP contribution < -0.4 is 0 Å². The van der Waals surface area contributed by atoms with Gasteiger partial charge in [0.15, 0.2) is 0 Å². The van der Waals surface area contributed by atoms with E-state index in [4.69, 9.17) is 5.11 Å². The van der Waals surface area contributed by atoms with Gasteiger partial charge in [0, 0.05) is 12.1 Å². The van der Waals surface area contributed by atoms with Gasteiger partial charge in [0.25, 0.3) is 6.43 Å². The van der Waals surface area contributed by atoms with E-state index in [1.807, 2.05) is 0 Å². The van der Waals surface area contributed by atoms with Crippen LogP contribution in [0, 0.1) is 0 Å². The molecule has 0 saturated heterocycles. The maximum absolute atomic E-state index is 12.4. The topological polar surface area (TPSA) is 74.7 Å². The molecule has 0 unspecified atom stereocenters. The lowest BCUT2D eigenvalue weighted by molar-refractivity contribution is -0.137. The first-order valence-electron chi connectivity index (χ1n) is 5.89. The van der Waals surface area contributed by atoms with E-state index in [2.05, 4.69) is 0 Å². The summed E-state index contributed by atoms with van der Waals surface area (Å²) in [5.74, 6) is -1.27. The van der Waals surface area contributed by atoms with Crippen molar-refractivity contribution in [1.29, 1.82) is 0 Å². The number of alkyl halides is 2. The molecule has 0 radical (unpaired) electrons. The Bertz CT molecular complexity index is 557. The Balaban J connectivity index is 3.08. The third kappa shape index (κ3) is 3.97.